The summed E-state index contributed by atoms with van der Waals surface area (Å²) in [6.07, 6.45) is 11.7. The number of hydrogen-bond acceptors (Lipinski definition) is 4. The van der Waals surface area contributed by atoms with E-state index in [1.807, 2.05) is 12.4 Å². The molecule has 154 valence electrons. The number of pyridine rings is 1. The Morgan fingerprint density at radius 3 is 2.79 bits per heavy atom. The van der Waals surface area contributed by atoms with Crippen molar-refractivity contribution in [2.75, 3.05) is 39.3 Å². The molecule has 2 atom stereocenters. The Morgan fingerprint density at radius 2 is 1.93 bits per heavy atom. The van der Waals surface area contributed by atoms with E-state index in [9.17, 15) is 0 Å². The molecule has 0 N–H and O–H groups in total. The maximum atomic E-state index is 6.20. The number of rotatable bonds is 6. The standard InChI is InChI=1S/C25H33N3O/c1-2-12-27(13-3-1)14-6-16-29-21-9-10-22-23(17-21)25-8-5-15-28(25)19-24(22)20-7-4-11-26-18-20/h4,7,9-11,17-18,24-25H,1-3,5-6,8,12-16,19H2/t24-,25-/m1/s1. The van der Waals surface area contributed by atoms with Gasteiger partial charge in [-0.1, -0.05) is 18.6 Å². The summed E-state index contributed by atoms with van der Waals surface area (Å²) in [6.45, 7) is 6.85. The third-order valence-corrected chi connectivity index (χ3v) is 7.00. The van der Waals surface area contributed by atoms with Crippen molar-refractivity contribution in [1.82, 2.24) is 14.8 Å². The van der Waals surface area contributed by atoms with Crippen LogP contribution in [0.5, 0.6) is 5.75 Å². The minimum absolute atomic E-state index is 0.418. The van der Waals surface area contributed by atoms with E-state index in [0.29, 0.717) is 12.0 Å². The van der Waals surface area contributed by atoms with Crippen molar-refractivity contribution in [3.8, 4) is 5.75 Å². The molecule has 4 heterocycles. The Kier molecular flexibility index (Phi) is 5.82. The first-order valence-electron chi connectivity index (χ1n) is 11.5. The van der Waals surface area contributed by atoms with Crippen LogP contribution in [-0.4, -0.2) is 54.1 Å². The Labute approximate surface area is 174 Å². The second-order valence-corrected chi connectivity index (χ2v) is 8.89. The van der Waals surface area contributed by atoms with Gasteiger partial charge in [-0.15, -0.1) is 0 Å². The van der Waals surface area contributed by atoms with Gasteiger partial charge < -0.3 is 9.64 Å². The zero-order valence-corrected chi connectivity index (χ0v) is 17.4. The number of likely N-dealkylation sites (tertiary alicyclic amines) is 1. The van der Waals surface area contributed by atoms with Crippen molar-refractivity contribution >= 4 is 0 Å². The number of benzene rings is 1. The molecule has 0 aliphatic carbocycles. The summed E-state index contributed by atoms with van der Waals surface area (Å²) in [5, 5.41) is 0. The highest BCUT2D eigenvalue weighted by Gasteiger charge is 2.36. The van der Waals surface area contributed by atoms with Crippen molar-refractivity contribution in [2.45, 2.75) is 50.5 Å². The molecular formula is C25H33N3O. The first kappa shape index (κ1) is 19.1. The molecular weight excluding hydrogens is 358 g/mol. The molecule has 0 radical (unpaired) electrons. The third-order valence-electron chi connectivity index (χ3n) is 7.00. The van der Waals surface area contributed by atoms with E-state index in [0.717, 1.165) is 25.3 Å². The van der Waals surface area contributed by atoms with E-state index in [1.165, 1.54) is 75.0 Å². The van der Waals surface area contributed by atoms with E-state index >= 15 is 0 Å². The lowest BCUT2D eigenvalue weighted by atomic mass is 9.82. The minimum atomic E-state index is 0.418. The van der Waals surface area contributed by atoms with Crippen LogP contribution >= 0.6 is 0 Å². The monoisotopic (exact) mass is 391 g/mol. The van der Waals surface area contributed by atoms with Gasteiger partial charge in [-0.3, -0.25) is 9.88 Å². The van der Waals surface area contributed by atoms with Crippen LogP contribution in [0.1, 0.15) is 67.2 Å². The van der Waals surface area contributed by atoms with E-state index < -0.39 is 0 Å². The predicted octanol–water partition coefficient (Wildman–Crippen LogP) is 4.62. The first-order chi connectivity index (χ1) is 14.4. The fraction of sp³-hybridized carbons (Fsp3) is 0.560. The molecule has 0 bridgehead atoms. The van der Waals surface area contributed by atoms with Crippen LogP contribution in [0.4, 0.5) is 0 Å². The van der Waals surface area contributed by atoms with Gasteiger partial charge in [-0.25, -0.2) is 0 Å². The first-order valence-corrected chi connectivity index (χ1v) is 11.5. The molecule has 0 amide bonds. The number of nitrogens with zero attached hydrogens (tertiary/aromatic N) is 3. The molecule has 0 saturated carbocycles. The van der Waals surface area contributed by atoms with Crippen molar-refractivity contribution in [3.63, 3.8) is 0 Å². The fourth-order valence-corrected chi connectivity index (χ4v) is 5.51. The van der Waals surface area contributed by atoms with Crippen LogP contribution in [0.25, 0.3) is 0 Å². The molecule has 2 saturated heterocycles. The normalized spacial score (nSPS) is 24.8. The van der Waals surface area contributed by atoms with Crippen LogP contribution in [0.2, 0.25) is 0 Å². The second-order valence-electron chi connectivity index (χ2n) is 8.89. The van der Waals surface area contributed by atoms with E-state index in [2.05, 4.69) is 45.1 Å². The molecule has 4 heteroatoms. The van der Waals surface area contributed by atoms with Gasteiger partial charge in [0.2, 0.25) is 0 Å². The maximum Gasteiger partial charge on any atom is 0.119 e. The maximum absolute atomic E-state index is 6.20. The van der Waals surface area contributed by atoms with Gasteiger partial charge in [0.25, 0.3) is 0 Å². The van der Waals surface area contributed by atoms with Crippen LogP contribution in [0.3, 0.4) is 0 Å². The summed E-state index contributed by atoms with van der Waals surface area (Å²) >= 11 is 0. The SMILES string of the molecule is c1cncc([C@H]2CN3CCC[C@@H]3c3cc(OCCCN4CCCCC4)ccc32)c1. The summed E-state index contributed by atoms with van der Waals surface area (Å²) < 4.78 is 6.20. The zero-order chi connectivity index (χ0) is 19.5. The number of hydrogen-bond donors (Lipinski definition) is 0. The average molecular weight is 392 g/mol. The van der Waals surface area contributed by atoms with E-state index in [1.54, 1.807) is 0 Å². The minimum Gasteiger partial charge on any atom is -0.494 e. The van der Waals surface area contributed by atoms with Crippen molar-refractivity contribution in [1.29, 1.82) is 0 Å². The van der Waals surface area contributed by atoms with Crippen LogP contribution in [0.15, 0.2) is 42.7 Å². The molecule has 1 aromatic carbocycles. The van der Waals surface area contributed by atoms with Crippen molar-refractivity contribution in [3.05, 3.63) is 59.4 Å². The smallest absolute Gasteiger partial charge is 0.119 e. The molecule has 2 aromatic rings. The molecule has 2 fully saturated rings. The van der Waals surface area contributed by atoms with Gasteiger partial charge in [0.1, 0.15) is 5.75 Å². The Balaban J connectivity index is 1.29. The largest absolute Gasteiger partial charge is 0.494 e. The fourth-order valence-electron chi connectivity index (χ4n) is 5.51. The van der Waals surface area contributed by atoms with Gasteiger partial charge >= 0.3 is 0 Å². The molecule has 3 aliphatic rings. The lowest BCUT2D eigenvalue weighted by Crippen LogP contribution is -2.34. The van der Waals surface area contributed by atoms with Gasteiger partial charge in [-0.05, 0) is 86.6 Å². The highest BCUT2D eigenvalue weighted by Crippen LogP contribution is 2.45. The van der Waals surface area contributed by atoms with Gasteiger partial charge in [0, 0.05) is 37.4 Å². The Bertz CT molecular complexity index is 803. The molecule has 29 heavy (non-hydrogen) atoms. The average Bonchev–Trinajstić information content (AvgIpc) is 3.26. The number of fused-ring (bicyclic) bond motifs is 3. The summed E-state index contributed by atoms with van der Waals surface area (Å²) in [5.74, 6) is 1.46. The molecule has 4 nitrogen and oxygen atoms in total. The zero-order valence-electron chi connectivity index (χ0n) is 17.4. The molecule has 5 rings (SSSR count). The quantitative estimate of drug-likeness (QED) is 0.672. The van der Waals surface area contributed by atoms with Crippen molar-refractivity contribution in [2.24, 2.45) is 0 Å². The van der Waals surface area contributed by atoms with E-state index in [-0.39, 0.29) is 0 Å². The lowest BCUT2D eigenvalue weighted by Gasteiger charge is -2.37. The highest BCUT2D eigenvalue weighted by molar-refractivity contribution is 5.46. The Morgan fingerprint density at radius 1 is 1.00 bits per heavy atom. The topological polar surface area (TPSA) is 28.6 Å². The Hall–Kier alpha value is -1.91. The number of piperidine rings is 1. The van der Waals surface area contributed by atoms with Crippen LogP contribution in [0, 0.1) is 0 Å². The molecule has 0 unspecified atom stereocenters. The van der Waals surface area contributed by atoms with Gasteiger partial charge in [-0.2, -0.15) is 0 Å². The third kappa shape index (κ3) is 4.19. The molecule has 1 aromatic heterocycles. The lowest BCUT2D eigenvalue weighted by molar-refractivity contribution is 0.204. The molecule has 3 aliphatic heterocycles. The van der Waals surface area contributed by atoms with Gasteiger partial charge in [0.15, 0.2) is 0 Å². The highest BCUT2D eigenvalue weighted by atomic mass is 16.5. The van der Waals surface area contributed by atoms with Gasteiger partial charge in [0.05, 0.1) is 6.61 Å². The summed E-state index contributed by atoms with van der Waals surface area (Å²) in [6, 6.07) is 11.7. The van der Waals surface area contributed by atoms with Crippen LogP contribution < -0.4 is 4.74 Å². The summed E-state index contributed by atoms with van der Waals surface area (Å²) in [5.41, 5.74) is 4.28. The van der Waals surface area contributed by atoms with Crippen molar-refractivity contribution < 1.29 is 4.74 Å². The number of aromatic nitrogens is 1. The molecule has 0 spiro atoms. The predicted molar refractivity (Wildman–Crippen MR) is 116 cm³/mol. The van der Waals surface area contributed by atoms with E-state index in [4.69, 9.17) is 4.74 Å². The second kappa shape index (κ2) is 8.85. The number of ether oxygens (including phenoxy) is 1. The summed E-state index contributed by atoms with van der Waals surface area (Å²) in [7, 11) is 0. The van der Waals surface area contributed by atoms with Crippen LogP contribution in [-0.2, 0) is 0 Å². The summed E-state index contributed by atoms with van der Waals surface area (Å²) in [4.78, 5) is 9.64.